The van der Waals surface area contributed by atoms with Crippen LogP contribution >= 0.6 is 11.6 Å². The summed E-state index contributed by atoms with van der Waals surface area (Å²) in [7, 11) is 3.83. The predicted octanol–water partition coefficient (Wildman–Crippen LogP) is 4.21. The van der Waals surface area contributed by atoms with E-state index in [0.29, 0.717) is 16.3 Å². The molecular formula is C18H16ClN3O. The molecule has 5 heteroatoms. The molecule has 0 saturated heterocycles. The first kappa shape index (κ1) is 15.3. The number of carbonyl (C=O) groups excluding carboxylic acids is 1. The van der Waals surface area contributed by atoms with E-state index in [9.17, 15) is 4.79 Å². The number of pyridine rings is 1. The van der Waals surface area contributed by atoms with Gasteiger partial charge in [-0.15, -0.1) is 0 Å². The van der Waals surface area contributed by atoms with Crippen LogP contribution in [0.3, 0.4) is 0 Å². The van der Waals surface area contributed by atoms with Gasteiger partial charge in [-0.2, -0.15) is 0 Å². The highest BCUT2D eigenvalue weighted by atomic mass is 35.5. The van der Waals surface area contributed by atoms with Gasteiger partial charge in [-0.3, -0.25) is 9.78 Å². The minimum Gasteiger partial charge on any atom is -0.376 e. The molecule has 1 aromatic heterocycles. The van der Waals surface area contributed by atoms with Gasteiger partial charge in [0, 0.05) is 36.3 Å². The van der Waals surface area contributed by atoms with E-state index in [-0.39, 0.29) is 5.91 Å². The van der Waals surface area contributed by atoms with E-state index in [1.807, 2.05) is 49.3 Å². The van der Waals surface area contributed by atoms with E-state index in [1.165, 1.54) is 0 Å². The summed E-state index contributed by atoms with van der Waals surface area (Å²) in [5, 5.41) is 4.34. The number of nitrogens with one attached hydrogen (secondary N) is 1. The molecular weight excluding hydrogens is 310 g/mol. The van der Waals surface area contributed by atoms with Crippen molar-refractivity contribution in [2.45, 2.75) is 0 Å². The van der Waals surface area contributed by atoms with E-state index >= 15 is 0 Å². The lowest BCUT2D eigenvalue weighted by Gasteiger charge is -2.18. The van der Waals surface area contributed by atoms with Crippen molar-refractivity contribution in [1.82, 2.24) is 4.98 Å². The zero-order valence-electron chi connectivity index (χ0n) is 12.9. The number of nitrogens with zero attached hydrogens (tertiary/aromatic N) is 2. The maximum atomic E-state index is 12.7. The summed E-state index contributed by atoms with van der Waals surface area (Å²) < 4.78 is 0. The van der Waals surface area contributed by atoms with Gasteiger partial charge in [0.15, 0.2) is 0 Å². The molecule has 2 aromatic carbocycles. The molecule has 4 nitrogen and oxygen atoms in total. The van der Waals surface area contributed by atoms with Gasteiger partial charge < -0.3 is 10.2 Å². The molecule has 3 rings (SSSR count). The van der Waals surface area contributed by atoms with Crippen molar-refractivity contribution < 1.29 is 4.79 Å². The maximum Gasteiger partial charge on any atom is 0.256 e. The van der Waals surface area contributed by atoms with Crippen molar-refractivity contribution in [3.05, 3.63) is 65.3 Å². The van der Waals surface area contributed by atoms with Crippen LogP contribution in [0.4, 0.5) is 11.4 Å². The predicted molar refractivity (Wildman–Crippen MR) is 95.5 cm³/mol. The lowest BCUT2D eigenvalue weighted by Crippen LogP contribution is -2.17. The highest BCUT2D eigenvalue weighted by Crippen LogP contribution is 2.29. The molecule has 0 atom stereocenters. The second-order valence-electron chi connectivity index (χ2n) is 5.39. The quantitative estimate of drug-likeness (QED) is 0.784. The fourth-order valence-electron chi connectivity index (χ4n) is 2.49. The Bertz CT molecular complexity index is 872. The minimum absolute atomic E-state index is 0.186. The molecule has 3 aromatic rings. The Hall–Kier alpha value is -2.59. The average Bonchev–Trinajstić information content (AvgIpc) is 2.54. The van der Waals surface area contributed by atoms with E-state index in [0.717, 1.165) is 16.6 Å². The van der Waals surface area contributed by atoms with Gasteiger partial charge in [0.25, 0.3) is 5.91 Å². The van der Waals surface area contributed by atoms with Gasteiger partial charge in [0.05, 0.1) is 16.9 Å². The Kier molecular flexibility index (Phi) is 4.17. The topological polar surface area (TPSA) is 45.2 Å². The monoisotopic (exact) mass is 325 g/mol. The van der Waals surface area contributed by atoms with Crippen LogP contribution in [0.5, 0.6) is 0 Å². The van der Waals surface area contributed by atoms with Gasteiger partial charge >= 0.3 is 0 Å². The molecule has 0 saturated carbocycles. The highest BCUT2D eigenvalue weighted by molar-refractivity contribution is 6.31. The van der Waals surface area contributed by atoms with Crippen LogP contribution < -0.4 is 10.2 Å². The summed E-state index contributed by atoms with van der Waals surface area (Å²) in [5.74, 6) is -0.186. The van der Waals surface area contributed by atoms with Crippen molar-refractivity contribution >= 4 is 39.8 Å². The molecule has 0 aliphatic heterocycles. The standard InChI is InChI=1S/C18H16ClN3O/c1-22(2)17-9-8-12(19)11-16(17)21-18(23)14-5-3-7-15-13(14)6-4-10-20-15/h3-11H,1-2H3,(H,21,23). The van der Waals surface area contributed by atoms with Crippen LogP contribution in [-0.2, 0) is 0 Å². The summed E-state index contributed by atoms with van der Waals surface area (Å²) in [5.41, 5.74) is 2.94. The maximum absolute atomic E-state index is 12.7. The van der Waals surface area contributed by atoms with Crippen LogP contribution in [0.1, 0.15) is 10.4 Å². The van der Waals surface area contributed by atoms with Crippen molar-refractivity contribution in [3.63, 3.8) is 0 Å². The lowest BCUT2D eigenvalue weighted by molar-refractivity contribution is 0.102. The molecule has 0 spiro atoms. The molecule has 1 amide bonds. The number of benzene rings is 2. The van der Waals surface area contributed by atoms with Crippen LogP contribution in [0.15, 0.2) is 54.7 Å². The molecule has 0 radical (unpaired) electrons. The van der Waals surface area contributed by atoms with Gasteiger partial charge in [-0.1, -0.05) is 23.7 Å². The Morgan fingerprint density at radius 3 is 2.74 bits per heavy atom. The van der Waals surface area contributed by atoms with Gasteiger partial charge in [0.1, 0.15) is 0 Å². The number of aromatic nitrogens is 1. The molecule has 0 aliphatic carbocycles. The van der Waals surface area contributed by atoms with E-state index < -0.39 is 0 Å². The Balaban J connectivity index is 2.00. The normalized spacial score (nSPS) is 10.6. The first-order chi connectivity index (χ1) is 11.1. The molecule has 0 bridgehead atoms. The summed E-state index contributed by atoms with van der Waals surface area (Å²) in [4.78, 5) is 18.9. The summed E-state index contributed by atoms with van der Waals surface area (Å²) in [6.45, 7) is 0. The largest absolute Gasteiger partial charge is 0.376 e. The third-order valence-electron chi connectivity index (χ3n) is 3.58. The molecule has 1 N–H and O–H groups in total. The lowest BCUT2D eigenvalue weighted by atomic mass is 10.1. The van der Waals surface area contributed by atoms with Crippen LogP contribution in [-0.4, -0.2) is 25.0 Å². The Labute approximate surface area is 139 Å². The molecule has 23 heavy (non-hydrogen) atoms. The molecule has 0 fully saturated rings. The highest BCUT2D eigenvalue weighted by Gasteiger charge is 2.13. The smallest absolute Gasteiger partial charge is 0.256 e. The third-order valence-corrected chi connectivity index (χ3v) is 3.81. The number of anilines is 2. The minimum atomic E-state index is -0.186. The van der Waals surface area contributed by atoms with E-state index in [4.69, 9.17) is 11.6 Å². The van der Waals surface area contributed by atoms with Crippen LogP contribution in [0.2, 0.25) is 5.02 Å². The fourth-order valence-corrected chi connectivity index (χ4v) is 2.66. The van der Waals surface area contributed by atoms with Crippen LogP contribution in [0, 0.1) is 0 Å². The van der Waals surface area contributed by atoms with Crippen LogP contribution in [0.25, 0.3) is 10.9 Å². The first-order valence-corrected chi connectivity index (χ1v) is 7.56. The number of carbonyl (C=O) groups is 1. The summed E-state index contributed by atoms with van der Waals surface area (Å²) in [6.07, 6.45) is 1.71. The summed E-state index contributed by atoms with van der Waals surface area (Å²) >= 11 is 6.07. The number of fused-ring (bicyclic) bond motifs is 1. The Morgan fingerprint density at radius 2 is 1.96 bits per heavy atom. The second-order valence-corrected chi connectivity index (χ2v) is 5.82. The molecule has 1 heterocycles. The molecule has 0 aliphatic rings. The molecule has 116 valence electrons. The number of rotatable bonds is 3. The second kappa shape index (κ2) is 6.26. The van der Waals surface area contributed by atoms with Gasteiger partial charge in [0.2, 0.25) is 0 Å². The number of hydrogen-bond acceptors (Lipinski definition) is 3. The zero-order valence-corrected chi connectivity index (χ0v) is 13.6. The average molecular weight is 326 g/mol. The van der Waals surface area contributed by atoms with Crippen molar-refractivity contribution in [2.75, 3.05) is 24.3 Å². The number of halogens is 1. The number of amides is 1. The zero-order chi connectivity index (χ0) is 16.4. The number of hydrogen-bond donors (Lipinski definition) is 1. The molecule has 0 unspecified atom stereocenters. The van der Waals surface area contributed by atoms with Gasteiger partial charge in [-0.05, 0) is 36.4 Å². The van der Waals surface area contributed by atoms with Crippen molar-refractivity contribution in [2.24, 2.45) is 0 Å². The van der Waals surface area contributed by atoms with Gasteiger partial charge in [-0.25, -0.2) is 0 Å². The van der Waals surface area contributed by atoms with E-state index in [1.54, 1.807) is 24.4 Å². The fraction of sp³-hybridized carbons (Fsp3) is 0.111. The van der Waals surface area contributed by atoms with E-state index in [2.05, 4.69) is 10.3 Å². The Morgan fingerprint density at radius 1 is 1.13 bits per heavy atom. The van der Waals surface area contributed by atoms with Crippen molar-refractivity contribution in [1.29, 1.82) is 0 Å². The summed E-state index contributed by atoms with van der Waals surface area (Å²) in [6, 6.07) is 14.6. The SMILES string of the molecule is CN(C)c1ccc(Cl)cc1NC(=O)c1cccc2ncccc12. The van der Waals surface area contributed by atoms with Crippen molar-refractivity contribution in [3.8, 4) is 0 Å². The first-order valence-electron chi connectivity index (χ1n) is 7.18. The third kappa shape index (κ3) is 3.12.